The molecule has 0 aliphatic carbocycles. The minimum atomic E-state index is 0.588. The van der Waals surface area contributed by atoms with E-state index in [0.29, 0.717) is 16.9 Å². The summed E-state index contributed by atoms with van der Waals surface area (Å²) in [6, 6.07) is 15.7. The fourth-order valence-electron chi connectivity index (χ4n) is 4.41. The molecule has 0 unspecified atom stereocenters. The zero-order valence-electron chi connectivity index (χ0n) is 28.0. The number of hydrogen-bond acceptors (Lipinski definition) is 7. The van der Waals surface area contributed by atoms with E-state index >= 15 is 0 Å². The molecule has 0 spiro atoms. The quantitative estimate of drug-likeness (QED) is 0.155. The van der Waals surface area contributed by atoms with E-state index in [9.17, 15) is 9.59 Å². The number of allylic oxidation sites excluding steroid dienone is 2. The molecule has 3 aromatic rings. The van der Waals surface area contributed by atoms with Crippen LogP contribution in [0.4, 0.5) is 5.82 Å². The van der Waals surface area contributed by atoms with Crippen molar-refractivity contribution in [1.82, 2.24) is 14.8 Å². The van der Waals surface area contributed by atoms with Crippen LogP contribution < -0.4 is 9.64 Å². The molecule has 2 aromatic carbocycles. The van der Waals surface area contributed by atoms with E-state index in [2.05, 4.69) is 54.6 Å². The van der Waals surface area contributed by atoms with Gasteiger partial charge in [-0.2, -0.15) is 0 Å². The maximum absolute atomic E-state index is 11.2. The van der Waals surface area contributed by atoms with Crippen molar-refractivity contribution in [3.63, 3.8) is 0 Å². The Labute approximate surface area is 259 Å². The third-order valence-corrected chi connectivity index (χ3v) is 7.24. The maximum atomic E-state index is 11.2. The van der Waals surface area contributed by atoms with Crippen LogP contribution in [0, 0.1) is 6.92 Å². The predicted octanol–water partition coefficient (Wildman–Crippen LogP) is 7.34. The Balaban J connectivity index is 0.000000552. The first-order valence-electron chi connectivity index (χ1n) is 15.1. The third kappa shape index (κ3) is 10.8. The van der Waals surface area contributed by atoms with Gasteiger partial charge in [-0.25, -0.2) is 4.98 Å². The first-order chi connectivity index (χ1) is 20.7. The lowest BCUT2D eigenvalue weighted by Crippen LogP contribution is -2.43. The molecule has 1 saturated heterocycles. The number of pyridine rings is 1. The summed E-state index contributed by atoms with van der Waals surface area (Å²) in [7, 11) is 5.69. The zero-order chi connectivity index (χ0) is 32.5. The topological polar surface area (TPSA) is 66.0 Å². The molecule has 43 heavy (non-hydrogen) atoms. The van der Waals surface area contributed by atoms with Crippen molar-refractivity contribution in [3.05, 3.63) is 88.6 Å². The van der Waals surface area contributed by atoms with E-state index in [1.54, 1.807) is 25.3 Å². The van der Waals surface area contributed by atoms with Crippen LogP contribution in [-0.2, 0) is 11.3 Å². The van der Waals surface area contributed by atoms with Crippen molar-refractivity contribution in [2.45, 2.75) is 55.0 Å². The highest BCUT2D eigenvalue weighted by Gasteiger charge is 2.18. The second kappa shape index (κ2) is 19.4. The van der Waals surface area contributed by atoms with Crippen molar-refractivity contribution in [3.8, 4) is 5.75 Å². The van der Waals surface area contributed by atoms with Gasteiger partial charge in [0.25, 0.3) is 0 Å². The summed E-state index contributed by atoms with van der Waals surface area (Å²) in [6.07, 6.45) is 1.66. The Morgan fingerprint density at radius 3 is 2.19 bits per heavy atom. The number of rotatable bonds is 8. The second-order valence-corrected chi connectivity index (χ2v) is 10.0. The Hall–Kier alpha value is -3.81. The minimum Gasteiger partial charge on any atom is -0.496 e. The van der Waals surface area contributed by atoms with Crippen LogP contribution >= 0.6 is 0 Å². The summed E-state index contributed by atoms with van der Waals surface area (Å²) in [5.74, 6) is 1.48. The number of aldehydes is 2. The van der Waals surface area contributed by atoms with Gasteiger partial charge in [-0.05, 0) is 74.4 Å². The van der Waals surface area contributed by atoms with E-state index in [1.165, 1.54) is 16.5 Å². The number of benzene rings is 2. The zero-order valence-corrected chi connectivity index (χ0v) is 28.0. The van der Waals surface area contributed by atoms with Crippen LogP contribution in [0.25, 0.3) is 10.9 Å². The first kappa shape index (κ1) is 37.2. The lowest BCUT2D eigenvalue weighted by molar-refractivity contribution is -0.104. The SMILES string of the molecule is C=C(/C(C)=C(/C)C=O)N(C)c1cc(CN2CCN(C)CC2)c2ccc(C)cc2n1.CC.CC.COc1ccccc1C=O. The summed E-state index contributed by atoms with van der Waals surface area (Å²) < 4.78 is 4.90. The number of anilines is 1. The molecule has 234 valence electrons. The van der Waals surface area contributed by atoms with Crippen molar-refractivity contribution >= 4 is 29.3 Å². The fraction of sp³-hybridized carbons (Fsp3) is 0.417. The van der Waals surface area contributed by atoms with Crippen LogP contribution in [0.3, 0.4) is 0 Å². The Kier molecular flexibility index (Phi) is 16.8. The highest BCUT2D eigenvalue weighted by molar-refractivity contribution is 5.85. The number of carbonyl (C=O) groups is 2. The molecule has 0 saturated carbocycles. The Bertz CT molecular complexity index is 1360. The second-order valence-electron chi connectivity index (χ2n) is 10.0. The monoisotopic (exact) mass is 588 g/mol. The molecule has 1 fully saturated rings. The smallest absolute Gasteiger partial charge is 0.153 e. The van der Waals surface area contributed by atoms with Gasteiger partial charge in [0.2, 0.25) is 0 Å². The van der Waals surface area contributed by atoms with E-state index in [1.807, 2.05) is 59.6 Å². The number of para-hydroxylation sites is 1. The summed E-state index contributed by atoms with van der Waals surface area (Å²) in [4.78, 5) is 33.3. The summed E-state index contributed by atoms with van der Waals surface area (Å²) in [5, 5.41) is 1.20. The van der Waals surface area contributed by atoms with Gasteiger partial charge >= 0.3 is 0 Å². The van der Waals surface area contributed by atoms with Gasteiger partial charge in [-0.1, -0.05) is 58.5 Å². The molecule has 7 heteroatoms. The molecule has 1 aromatic heterocycles. The molecular formula is C36H52N4O3. The van der Waals surface area contributed by atoms with Gasteiger partial charge < -0.3 is 14.5 Å². The highest BCUT2D eigenvalue weighted by Crippen LogP contribution is 2.28. The number of ether oxygens (including phenoxy) is 1. The summed E-state index contributed by atoms with van der Waals surface area (Å²) in [5.41, 5.74) is 6.43. The number of fused-ring (bicyclic) bond motifs is 1. The first-order valence-corrected chi connectivity index (χ1v) is 15.1. The number of carbonyl (C=O) groups excluding carboxylic acids is 2. The number of methoxy groups -OCH3 is 1. The van der Waals surface area contributed by atoms with Crippen molar-refractivity contribution < 1.29 is 14.3 Å². The Morgan fingerprint density at radius 2 is 1.63 bits per heavy atom. The standard InChI is InChI=1S/C24H32N4O.C8H8O2.2C2H6/c1-17-7-8-22-21(15-28-11-9-26(5)10-12-28)14-24(25-23(22)13-17)27(6)20(4)19(3)18(2)16-29;1-10-8-5-3-2-4-7(8)6-9;2*1-2/h7-8,13-14,16H,4,9-12,15H2,1-3,5-6H3;2-6H,1H3;2*1-2H3/b19-18-;;;. The number of nitrogens with zero attached hydrogens (tertiary/aromatic N) is 4. The lowest BCUT2D eigenvalue weighted by atomic mass is 10.0. The maximum Gasteiger partial charge on any atom is 0.153 e. The van der Waals surface area contributed by atoms with Crippen LogP contribution in [0.2, 0.25) is 0 Å². The average molecular weight is 589 g/mol. The summed E-state index contributed by atoms with van der Waals surface area (Å²) in [6.45, 7) is 23.3. The van der Waals surface area contributed by atoms with E-state index < -0.39 is 0 Å². The highest BCUT2D eigenvalue weighted by atomic mass is 16.5. The molecule has 1 aliphatic heterocycles. The number of piperazine rings is 1. The van der Waals surface area contributed by atoms with Gasteiger partial charge in [0.15, 0.2) is 6.29 Å². The largest absolute Gasteiger partial charge is 0.496 e. The van der Waals surface area contributed by atoms with Crippen LogP contribution in [0.5, 0.6) is 5.75 Å². The van der Waals surface area contributed by atoms with Crippen LogP contribution in [-0.4, -0.2) is 74.7 Å². The van der Waals surface area contributed by atoms with E-state index in [0.717, 1.165) is 67.9 Å². The van der Waals surface area contributed by atoms with Gasteiger partial charge in [0.1, 0.15) is 17.9 Å². The molecule has 0 bridgehead atoms. The average Bonchev–Trinajstić information content (AvgIpc) is 3.06. The van der Waals surface area contributed by atoms with E-state index in [-0.39, 0.29) is 0 Å². The van der Waals surface area contributed by atoms with Crippen LogP contribution in [0.15, 0.2) is 72.0 Å². The van der Waals surface area contributed by atoms with Crippen molar-refractivity contribution in [1.29, 1.82) is 0 Å². The number of aryl methyl sites for hydroxylation is 1. The molecule has 0 atom stereocenters. The fourth-order valence-corrected chi connectivity index (χ4v) is 4.41. The number of aromatic nitrogens is 1. The number of hydrogen-bond donors (Lipinski definition) is 0. The minimum absolute atomic E-state index is 0.588. The molecule has 7 nitrogen and oxygen atoms in total. The van der Waals surface area contributed by atoms with Crippen molar-refractivity contribution in [2.24, 2.45) is 0 Å². The molecule has 1 aliphatic rings. The van der Waals surface area contributed by atoms with Crippen LogP contribution in [0.1, 0.15) is 63.0 Å². The van der Waals surface area contributed by atoms with Gasteiger partial charge in [-0.3, -0.25) is 14.5 Å². The molecule has 0 N–H and O–H groups in total. The third-order valence-electron chi connectivity index (χ3n) is 7.24. The normalized spacial score (nSPS) is 13.5. The van der Waals surface area contributed by atoms with Crippen molar-refractivity contribution in [2.75, 3.05) is 52.3 Å². The molecule has 4 rings (SSSR count). The molecular weight excluding hydrogens is 536 g/mol. The van der Waals surface area contributed by atoms with E-state index in [4.69, 9.17) is 9.72 Å². The van der Waals surface area contributed by atoms with Gasteiger partial charge in [0, 0.05) is 50.9 Å². The molecule has 0 amide bonds. The molecule has 2 heterocycles. The lowest BCUT2D eigenvalue weighted by Gasteiger charge is -2.33. The molecule has 0 radical (unpaired) electrons. The Morgan fingerprint density at radius 1 is 1.00 bits per heavy atom. The number of likely N-dealkylation sites (N-methyl/N-ethyl adjacent to an activating group) is 2. The van der Waals surface area contributed by atoms with Gasteiger partial charge in [-0.15, -0.1) is 0 Å². The van der Waals surface area contributed by atoms with Gasteiger partial charge in [0.05, 0.1) is 18.2 Å². The summed E-state index contributed by atoms with van der Waals surface area (Å²) >= 11 is 0. The predicted molar refractivity (Wildman–Crippen MR) is 182 cm³/mol.